The molecule has 1 amide bonds. The molecule has 3 rings (SSSR count). The number of nitrogens with one attached hydrogen (secondary N) is 2. The van der Waals surface area contributed by atoms with E-state index in [0.29, 0.717) is 12.0 Å². The summed E-state index contributed by atoms with van der Waals surface area (Å²) in [6.45, 7) is 2.72. The lowest BCUT2D eigenvalue weighted by molar-refractivity contribution is -0.127. The maximum atomic E-state index is 12.0. The van der Waals surface area contributed by atoms with E-state index < -0.39 is 0 Å². The average Bonchev–Trinajstić information content (AvgIpc) is 2.83. The lowest BCUT2D eigenvalue weighted by Gasteiger charge is -2.33. The quantitative estimate of drug-likeness (QED) is 0.291. The Labute approximate surface area is 213 Å². The molecule has 2 N–H and O–H groups in total. The smallest absolute Gasteiger partial charge is 0.243 e. The van der Waals surface area contributed by atoms with Crippen LogP contribution in [0.1, 0.15) is 18.4 Å². The zero-order chi connectivity index (χ0) is 22.8. The monoisotopic (exact) mass is 566 g/mol. The fraction of sp³-hybridized carbons (Fsp3) is 0.458. The van der Waals surface area contributed by atoms with E-state index >= 15 is 0 Å². The summed E-state index contributed by atoms with van der Waals surface area (Å²) in [5.41, 5.74) is 1.21. The van der Waals surface area contributed by atoms with Gasteiger partial charge in [-0.1, -0.05) is 18.2 Å². The molecule has 180 valence electrons. The number of aliphatic imine (C=N–C) groups is 1. The number of benzene rings is 1. The maximum absolute atomic E-state index is 12.0. The molecule has 1 fully saturated rings. The highest BCUT2D eigenvalue weighted by Crippen LogP contribution is 2.17. The predicted molar refractivity (Wildman–Crippen MR) is 144 cm³/mol. The normalized spacial score (nSPS) is 14.3. The molecule has 0 aliphatic carbocycles. The van der Waals surface area contributed by atoms with Gasteiger partial charge in [-0.05, 0) is 49.1 Å². The highest BCUT2D eigenvalue weighted by atomic mass is 127. The number of methoxy groups -OCH3 is 1. The molecular formula is C24H35IN6O2. The Balaban J connectivity index is 0.00000385. The minimum Gasteiger partial charge on any atom is -0.497 e. The number of carbonyl (C=O) groups excluding carboxylic acids is 1. The first-order valence-corrected chi connectivity index (χ1v) is 11.1. The van der Waals surface area contributed by atoms with Gasteiger partial charge in [0.1, 0.15) is 18.1 Å². The largest absolute Gasteiger partial charge is 0.497 e. The summed E-state index contributed by atoms with van der Waals surface area (Å²) in [5.74, 6) is 2.54. The van der Waals surface area contributed by atoms with Crippen molar-refractivity contribution in [3.63, 3.8) is 0 Å². The van der Waals surface area contributed by atoms with E-state index in [-0.39, 0.29) is 36.4 Å². The van der Waals surface area contributed by atoms with Crippen LogP contribution < -0.4 is 20.3 Å². The summed E-state index contributed by atoms with van der Waals surface area (Å²) in [5, 5.41) is 6.92. The number of rotatable bonds is 8. The van der Waals surface area contributed by atoms with E-state index in [2.05, 4.69) is 37.6 Å². The van der Waals surface area contributed by atoms with Gasteiger partial charge in [0.25, 0.3) is 0 Å². The lowest BCUT2D eigenvalue weighted by atomic mass is 10.1. The van der Waals surface area contributed by atoms with Crippen molar-refractivity contribution in [3.8, 4) is 5.75 Å². The first kappa shape index (κ1) is 26.7. The van der Waals surface area contributed by atoms with Crippen LogP contribution in [0, 0.1) is 0 Å². The maximum Gasteiger partial charge on any atom is 0.243 e. The average molecular weight is 566 g/mol. The van der Waals surface area contributed by atoms with E-state index in [9.17, 15) is 4.79 Å². The molecule has 8 nitrogen and oxygen atoms in total. The number of aromatic nitrogens is 1. The minimum atomic E-state index is -0.0220. The molecular weight excluding hydrogens is 531 g/mol. The molecule has 1 aliphatic rings. The highest BCUT2D eigenvalue weighted by molar-refractivity contribution is 14.0. The van der Waals surface area contributed by atoms with E-state index in [1.807, 2.05) is 36.5 Å². The fourth-order valence-corrected chi connectivity index (χ4v) is 3.55. The second kappa shape index (κ2) is 13.9. The number of halogens is 1. The van der Waals surface area contributed by atoms with Crippen LogP contribution in [-0.4, -0.2) is 75.2 Å². The van der Waals surface area contributed by atoms with Crippen LogP contribution in [0.5, 0.6) is 5.75 Å². The van der Waals surface area contributed by atoms with Gasteiger partial charge < -0.3 is 25.2 Å². The first-order chi connectivity index (χ1) is 15.5. The molecule has 1 aliphatic heterocycles. The summed E-state index contributed by atoms with van der Waals surface area (Å²) >= 11 is 0. The third-order valence-electron chi connectivity index (χ3n) is 5.55. The molecule has 0 atom stereocenters. The van der Waals surface area contributed by atoms with Crippen LogP contribution in [0.4, 0.5) is 5.82 Å². The third kappa shape index (κ3) is 8.71. The topological polar surface area (TPSA) is 82.1 Å². The van der Waals surface area contributed by atoms with Crippen LogP contribution >= 0.6 is 24.0 Å². The Hall–Kier alpha value is -2.56. The summed E-state index contributed by atoms with van der Waals surface area (Å²) in [4.78, 5) is 24.9. The third-order valence-corrected chi connectivity index (χ3v) is 5.55. The number of ether oxygens (including phenoxy) is 1. The SMILES string of the molecule is COc1ccc(CCNC(=NCC(=O)N(C)C)NC2CCN(c3ccccn3)CC2)cc1.I. The van der Waals surface area contributed by atoms with E-state index in [1.165, 1.54) is 5.56 Å². The number of nitrogens with zero attached hydrogens (tertiary/aromatic N) is 4. The molecule has 0 unspecified atom stereocenters. The Morgan fingerprint density at radius 2 is 1.91 bits per heavy atom. The Morgan fingerprint density at radius 1 is 1.18 bits per heavy atom. The van der Waals surface area contributed by atoms with Gasteiger partial charge in [0, 0.05) is 46.0 Å². The summed E-state index contributed by atoms with van der Waals surface area (Å²) in [7, 11) is 5.16. The standard InChI is InChI=1S/C24H34N6O2.HI/c1-29(2)23(31)18-27-24(26-15-11-19-7-9-21(32-3)10-8-19)28-20-12-16-30(17-13-20)22-6-4-5-14-25-22;/h4-10,14,20H,11-13,15-18H2,1-3H3,(H2,26,27,28);1H. The van der Waals surface area contributed by atoms with Gasteiger partial charge in [0.05, 0.1) is 7.11 Å². The van der Waals surface area contributed by atoms with Crippen molar-refractivity contribution in [2.24, 2.45) is 4.99 Å². The van der Waals surface area contributed by atoms with Crippen LogP contribution in [-0.2, 0) is 11.2 Å². The van der Waals surface area contributed by atoms with E-state index in [1.54, 1.807) is 26.1 Å². The summed E-state index contributed by atoms with van der Waals surface area (Å²) in [6, 6.07) is 14.4. The van der Waals surface area contributed by atoms with Crippen molar-refractivity contribution in [1.29, 1.82) is 0 Å². The van der Waals surface area contributed by atoms with Gasteiger partial charge in [0.2, 0.25) is 5.91 Å². The summed E-state index contributed by atoms with van der Waals surface area (Å²) in [6.07, 6.45) is 4.65. The first-order valence-electron chi connectivity index (χ1n) is 11.1. The van der Waals surface area contributed by atoms with Crippen LogP contribution in [0.25, 0.3) is 0 Å². The van der Waals surface area contributed by atoms with Crippen molar-refractivity contribution >= 4 is 41.7 Å². The predicted octanol–water partition coefficient (Wildman–Crippen LogP) is 2.54. The summed E-state index contributed by atoms with van der Waals surface area (Å²) < 4.78 is 5.22. The molecule has 0 radical (unpaired) electrons. The van der Waals surface area contributed by atoms with Crippen molar-refractivity contribution in [1.82, 2.24) is 20.5 Å². The second-order valence-electron chi connectivity index (χ2n) is 8.07. The molecule has 9 heteroatoms. The van der Waals surface area contributed by atoms with Crippen molar-refractivity contribution in [3.05, 3.63) is 54.2 Å². The van der Waals surface area contributed by atoms with Crippen LogP contribution in [0.15, 0.2) is 53.7 Å². The molecule has 2 aromatic rings. The Kier molecular flexibility index (Phi) is 11.2. The van der Waals surface area contributed by atoms with Crippen LogP contribution in [0.2, 0.25) is 0 Å². The second-order valence-corrected chi connectivity index (χ2v) is 8.07. The lowest BCUT2D eigenvalue weighted by Crippen LogP contribution is -2.49. The molecule has 2 heterocycles. The van der Waals surface area contributed by atoms with Gasteiger partial charge in [-0.15, -0.1) is 24.0 Å². The number of likely N-dealkylation sites (N-methyl/N-ethyl adjacent to an activating group) is 1. The number of amides is 1. The molecule has 33 heavy (non-hydrogen) atoms. The highest BCUT2D eigenvalue weighted by Gasteiger charge is 2.21. The molecule has 1 aromatic heterocycles. The number of carbonyl (C=O) groups is 1. The van der Waals surface area contributed by atoms with Crippen molar-refractivity contribution in [2.75, 3.05) is 52.3 Å². The Morgan fingerprint density at radius 3 is 2.52 bits per heavy atom. The van der Waals surface area contributed by atoms with Gasteiger partial charge in [-0.3, -0.25) is 4.79 Å². The number of piperidine rings is 1. The molecule has 1 saturated heterocycles. The van der Waals surface area contributed by atoms with Crippen molar-refractivity contribution < 1.29 is 9.53 Å². The molecule has 0 saturated carbocycles. The fourth-order valence-electron chi connectivity index (χ4n) is 3.55. The number of pyridine rings is 1. The van der Waals surface area contributed by atoms with Gasteiger partial charge in [0.15, 0.2) is 5.96 Å². The number of guanidine groups is 1. The molecule has 0 bridgehead atoms. The van der Waals surface area contributed by atoms with Gasteiger partial charge in [-0.25, -0.2) is 9.98 Å². The zero-order valence-corrected chi connectivity index (χ0v) is 22.0. The van der Waals surface area contributed by atoms with Gasteiger partial charge in [-0.2, -0.15) is 0 Å². The number of anilines is 1. The van der Waals surface area contributed by atoms with Gasteiger partial charge >= 0.3 is 0 Å². The molecule has 0 spiro atoms. The van der Waals surface area contributed by atoms with Crippen molar-refractivity contribution in [2.45, 2.75) is 25.3 Å². The number of hydrogen-bond acceptors (Lipinski definition) is 5. The van der Waals surface area contributed by atoms with Crippen LogP contribution in [0.3, 0.4) is 0 Å². The van der Waals surface area contributed by atoms with E-state index in [0.717, 1.165) is 50.5 Å². The van der Waals surface area contributed by atoms with E-state index in [4.69, 9.17) is 4.74 Å². The minimum absolute atomic E-state index is 0. The number of hydrogen-bond donors (Lipinski definition) is 2. The zero-order valence-electron chi connectivity index (χ0n) is 19.7. The Bertz CT molecular complexity index is 868. The molecule has 1 aromatic carbocycles.